The van der Waals surface area contributed by atoms with Gasteiger partial charge in [0.25, 0.3) is 0 Å². The molecule has 0 bridgehead atoms. The molecule has 5 nitrogen and oxygen atoms in total. The van der Waals surface area contributed by atoms with Crippen molar-refractivity contribution in [3.8, 4) is 6.07 Å². The van der Waals surface area contributed by atoms with E-state index >= 15 is 0 Å². The third kappa shape index (κ3) is 4.58. The molecule has 14 heavy (non-hydrogen) atoms. The molecule has 0 saturated carbocycles. The summed E-state index contributed by atoms with van der Waals surface area (Å²) >= 11 is 0. The molecule has 1 rings (SSSR count). The summed E-state index contributed by atoms with van der Waals surface area (Å²) in [5, 5.41) is 19.1. The summed E-state index contributed by atoms with van der Waals surface area (Å²) in [6, 6.07) is 2.13. The van der Waals surface area contributed by atoms with Crippen LogP contribution in [0.1, 0.15) is 19.3 Å². The van der Waals surface area contributed by atoms with Crippen LogP contribution >= 0.6 is 0 Å². The number of nitrogens with zero attached hydrogens (tertiary/aromatic N) is 4. The molecule has 1 N–H and O–H groups in total. The first-order valence-corrected chi connectivity index (χ1v) is 4.85. The van der Waals surface area contributed by atoms with Crippen molar-refractivity contribution in [2.24, 2.45) is 0 Å². The van der Waals surface area contributed by atoms with Gasteiger partial charge in [-0.25, -0.2) is 0 Å². The van der Waals surface area contributed by atoms with Gasteiger partial charge in [-0.05, 0) is 19.4 Å². The molecule has 0 saturated heterocycles. The van der Waals surface area contributed by atoms with Gasteiger partial charge in [0.2, 0.25) is 0 Å². The van der Waals surface area contributed by atoms with Crippen LogP contribution in [0.4, 0.5) is 0 Å². The van der Waals surface area contributed by atoms with Crippen LogP contribution in [0.3, 0.4) is 0 Å². The highest BCUT2D eigenvalue weighted by molar-refractivity contribution is 4.68. The van der Waals surface area contributed by atoms with Gasteiger partial charge in [0.1, 0.15) is 0 Å². The van der Waals surface area contributed by atoms with Crippen LogP contribution in [0.25, 0.3) is 0 Å². The normalized spacial score (nSPS) is 9.93. The van der Waals surface area contributed by atoms with Crippen LogP contribution < -0.4 is 5.32 Å². The standard InChI is InChI=1S/C9H15N5/c10-4-2-1-3-5-11-6-8-14-9-7-12-13-14/h7,9,11H,1-3,5-6,8H2. The molecule has 0 radical (unpaired) electrons. The molecular weight excluding hydrogens is 178 g/mol. The molecule has 0 fully saturated rings. The lowest BCUT2D eigenvalue weighted by molar-refractivity contribution is 0.530. The van der Waals surface area contributed by atoms with Gasteiger partial charge in [-0.15, -0.1) is 5.10 Å². The van der Waals surface area contributed by atoms with Crippen LogP contribution in [0.2, 0.25) is 0 Å². The van der Waals surface area contributed by atoms with Gasteiger partial charge in [0.05, 0.1) is 18.8 Å². The fourth-order valence-electron chi connectivity index (χ4n) is 1.12. The summed E-state index contributed by atoms with van der Waals surface area (Å²) in [4.78, 5) is 0. The predicted octanol–water partition coefficient (Wildman–Crippen LogP) is 0.562. The number of unbranched alkanes of at least 4 members (excludes halogenated alkanes) is 2. The Morgan fingerprint density at radius 2 is 2.29 bits per heavy atom. The van der Waals surface area contributed by atoms with E-state index in [1.807, 2.05) is 6.20 Å². The molecule has 0 aromatic carbocycles. The maximum atomic E-state index is 8.31. The predicted molar refractivity (Wildman–Crippen MR) is 52.4 cm³/mol. The maximum Gasteiger partial charge on any atom is 0.0692 e. The van der Waals surface area contributed by atoms with Crippen molar-refractivity contribution in [1.29, 1.82) is 5.26 Å². The summed E-state index contributed by atoms with van der Waals surface area (Å²) < 4.78 is 1.79. The van der Waals surface area contributed by atoms with Crippen LogP contribution in [0.5, 0.6) is 0 Å². The SMILES string of the molecule is N#CCCCCNCCn1ccnn1. The number of rotatable bonds is 7. The summed E-state index contributed by atoms with van der Waals surface area (Å²) in [5.74, 6) is 0. The van der Waals surface area contributed by atoms with E-state index in [-0.39, 0.29) is 0 Å². The van der Waals surface area contributed by atoms with E-state index in [1.54, 1.807) is 10.9 Å². The summed E-state index contributed by atoms with van der Waals surface area (Å²) in [7, 11) is 0. The molecule has 1 heterocycles. The largest absolute Gasteiger partial charge is 0.315 e. The molecule has 0 aliphatic rings. The minimum Gasteiger partial charge on any atom is -0.315 e. The number of nitrogens with one attached hydrogen (secondary N) is 1. The molecular formula is C9H15N5. The summed E-state index contributed by atoms with van der Waals surface area (Å²) in [6.07, 6.45) is 6.22. The first kappa shape index (κ1) is 10.7. The number of hydrogen-bond donors (Lipinski definition) is 1. The Balaban J connectivity index is 1.88. The highest BCUT2D eigenvalue weighted by Crippen LogP contribution is 1.90. The fourth-order valence-corrected chi connectivity index (χ4v) is 1.12. The molecule has 0 unspecified atom stereocenters. The van der Waals surface area contributed by atoms with Crippen molar-refractivity contribution in [3.05, 3.63) is 12.4 Å². The molecule has 0 aliphatic carbocycles. The van der Waals surface area contributed by atoms with Crippen LogP contribution in [0.15, 0.2) is 12.4 Å². The van der Waals surface area contributed by atoms with E-state index in [0.29, 0.717) is 6.42 Å². The molecule has 0 aliphatic heterocycles. The lowest BCUT2D eigenvalue weighted by Crippen LogP contribution is -2.21. The molecule has 5 heteroatoms. The molecule has 1 aromatic heterocycles. The second kappa shape index (κ2) is 7.04. The summed E-state index contributed by atoms with van der Waals surface area (Å²) in [6.45, 7) is 2.71. The molecule has 0 atom stereocenters. The molecule has 0 spiro atoms. The molecule has 1 aromatic rings. The van der Waals surface area contributed by atoms with E-state index < -0.39 is 0 Å². The average Bonchev–Trinajstić information content (AvgIpc) is 2.69. The smallest absolute Gasteiger partial charge is 0.0692 e. The molecule has 76 valence electrons. The van der Waals surface area contributed by atoms with E-state index in [4.69, 9.17) is 5.26 Å². The first-order chi connectivity index (χ1) is 6.93. The van der Waals surface area contributed by atoms with Gasteiger partial charge in [0, 0.05) is 19.2 Å². The second-order valence-electron chi connectivity index (χ2n) is 3.03. The van der Waals surface area contributed by atoms with Crippen molar-refractivity contribution >= 4 is 0 Å². The average molecular weight is 193 g/mol. The van der Waals surface area contributed by atoms with Crippen molar-refractivity contribution in [2.75, 3.05) is 13.1 Å². The van der Waals surface area contributed by atoms with Gasteiger partial charge in [-0.1, -0.05) is 5.21 Å². The zero-order valence-electron chi connectivity index (χ0n) is 8.19. The first-order valence-electron chi connectivity index (χ1n) is 4.85. The minimum atomic E-state index is 0.657. The fraction of sp³-hybridized carbons (Fsp3) is 0.667. The van der Waals surface area contributed by atoms with E-state index in [9.17, 15) is 0 Å². The monoisotopic (exact) mass is 193 g/mol. The van der Waals surface area contributed by atoms with Crippen molar-refractivity contribution in [1.82, 2.24) is 20.3 Å². The van der Waals surface area contributed by atoms with Crippen LogP contribution in [-0.2, 0) is 6.54 Å². The van der Waals surface area contributed by atoms with Gasteiger partial charge < -0.3 is 5.32 Å². The Kier molecular flexibility index (Phi) is 5.36. The van der Waals surface area contributed by atoms with Gasteiger partial charge in [-0.2, -0.15) is 5.26 Å². The Morgan fingerprint density at radius 1 is 1.36 bits per heavy atom. The maximum absolute atomic E-state index is 8.31. The van der Waals surface area contributed by atoms with Crippen molar-refractivity contribution < 1.29 is 0 Å². The second-order valence-corrected chi connectivity index (χ2v) is 3.03. The Labute approximate surface area is 83.7 Å². The zero-order valence-corrected chi connectivity index (χ0v) is 8.19. The lowest BCUT2D eigenvalue weighted by atomic mass is 10.2. The Hall–Kier alpha value is -1.41. The van der Waals surface area contributed by atoms with Gasteiger partial charge in [-0.3, -0.25) is 4.68 Å². The third-order valence-corrected chi connectivity index (χ3v) is 1.88. The summed E-state index contributed by atoms with van der Waals surface area (Å²) in [5.41, 5.74) is 0. The minimum absolute atomic E-state index is 0.657. The van der Waals surface area contributed by atoms with E-state index in [2.05, 4.69) is 21.7 Å². The van der Waals surface area contributed by atoms with Crippen molar-refractivity contribution in [2.45, 2.75) is 25.8 Å². The number of aromatic nitrogens is 3. The Bertz CT molecular complexity index is 261. The van der Waals surface area contributed by atoms with Gasteiger partial charge in [0.15, 0.2) is 0 Å². The number of nitriles is 1. The molecule has 0 amide bonds. The van der Waals surface area contributed by atoms with Crippen LogP contribution in [-0.4, -0.2) is 28.1 Å². The van der Waals surface area contributed by atoms with E-state index in [1.165, 1.54) is 0 Å². The zero-order chi connectivity index (χ0) is 10.1. The van der Waals surface area contributed by atoms with E-state index in [0.717, 1.165) is 32.5 Å². The van der Waals surface area contributed by atoms with Crippen LogP contribution in [0, 0.1) is 11.3 Å². The van der Waals surface area contributed by atoms with Crippen molar-refractivity contribution in [3.63, 3.8) is 0 Å². The van der Waals surface area contributed by atoms with Gasteiger partial charge >= 0.3 is 0 Å². The quantitative estimate of drug-likeness (QED) is 0.642. The lowest BCUT2D eigenvalue weighted by Gasteiger charge is -2.02. The topological polar surface area (TPSA) is 66.5 Å². The Morgan fingerprint density at radius 3 is 3.00 bits per heavy atom. The highest BCUT2D eigenvalue weighted by Gasteiger charge is 1.91. The third-order valence-electron chi connectivity index (χ3n) is 1.88. The highest BCUT2D eigenvalue weighted by atomic mass is 15.4. The number of hydrogen-bond acceptors (Lipinski definition) is 4.